The minimum absolute atomic E-state index is 0.0163. The number of methoxy groups -OCH3 is 1. The lowest BCUT2D eigenvalue weighted by molar-refractivity contribution is -0.137. The van der Waals surface area contributed by atoms with Gasteiger partial charge in [0.1, 0.15) is 22.9 Å². The fourth-order valence-electron chi connectivity index (χ4n) is 4.61. The number of nitrogen functional groups attached to an aromatic ring is 1. The lowest BCUT2D eigenvalue weighted by atomic mass is 9.86. The van der Waals surface area contributed by atoms with Crippen LogP contribution in [0.3, 0.4) is 0 Å². The third-order valence-electron chi connectivity index (χ3n) is 6.54. The normalized spacial score (nSPS) is 14.9. The Morgan fingerprint density at radius 2 is 1.95 bits per heavy atom. The van der Waals surface area contributed by atoms with E-state index in [9.17, 15) is 18.3 Å². The molecule has 2 aromatic carbocycles. The van der Waals surface area contributed by atoms with Crippen molar-refractivity contribution in [1.82, 2.24) is 9.29 Å². The van der Waals surface area contributed by atoms with E-state index in [0.717, 1.165) is 11.1 Å². The second-order valence-electron chi connectivity index (χ2n) is 9.10. The third-order valence-corrected chi connectivity index (χ3v) is 8.39. The largest absolute Gasteiger partial charge is 0.494 e. The molecule has 5 N–H and O–H groups in total. The van der Waals surface area contributed by atoms with Crippen molar-refractivity contribution < 1.29 is 27.8 Å². The lowest BCUT2D eigenvalue weighted by Crippen LogP contribution is -2.32. The Labute approximate surface area is 235 Å². The average Bonchev–Trinajstić information content (AvgIpc) is 3.04. The summed E-state index contributed by atoms with van der Waals surface area (Å²) in [7, 11) is -0.747. The highest BCUT2D eigenvalue weighted by Gasteiger charge is 2.32. The molecule has 0 bridgehead atoms. The molecule has 2 heterocycles. The number of carboxylic acids is 1. The van der Waals surface area contributed by atoms with Crippen molar-refractivity contribution in [2.75, 3.05) is 38.1 Å². The fourth-order valence-corrected chi connectivity index (χ4v) is 6.09. The summed E-state index contributed by atoms with van der Waals surface area (Å²) in [5, 5.41) is 11.1. The number of aromatic nitrogens is 1. The van der Waals surface area contributed by atoms with Crippen LogP contribution < -0.4 is 26.1 Å². The molecule has 1 atom stereocenters. The van der Waals surface area contributed by atoms with E-state index in [1.807, 2.05) is 39.0 Å². The number of hydrazine groups is 1. The SMILES string of the molecule is CC.COc1cc(C(CC(=O)O)c2ccc(C)c(CN3CCOc4ncccc4S3(=O)=O)c2)cc(N)c1N(C)N. The van der Waals surface area contributed by atoms with Gasteiger partial charge in [0.2, 0.25) is 15.9 Å². The summed E-state index contributed by atoms with van der Waals surface area (Å²) in [4.78, 5) is 16.0. The van der Waals surface area contributed by atoms with Crippen LogP contribution in [-0.4, -0.2) is 56.1 Å². The summed E-state index contributed by atoms with van der Waals surface area (Å²) < 4.78 is 39.2. The molecule has 0 amide bonds. The minimum Gasteiger partial charge on any atom is -0.494 e. The van der Waals surface area contributed by atoms with Crippen molar-refractivity contribution in [3.63, 3.8) is 0 Å². The predicted molar refractivity (Wildman–Crippen MR) is 154 cm³/mol. The summed E-state index contributed by atoms with van der Waals surface area (Å²) in [5.41, 5.74) is 10.0. The maximum Gasteiger partial charge on any atom is 0.304 e. The standard InChI is InChI=1S/C26H31N5O6S.C2H6/c1-16-6-7-17(20(14-24(32)33)18-12-21(27)25(30(2)28)22(13-18)36-3)11-19(16)15-31-9-10-37-26-23(38(31,34)35)5-4-8-29-26;1-2/h4-8,11-13,20H,9-10,14-15,27-28H2,1-3H3,(H,32,33);1-2H3. The van der Waals surface area contributed by atoms with Gasteiger partial charge in [-0.05, 0) is 53.4 Å². The first-order valence-corrected chi connectivity index (χ1v) is 14.3. The third kappa shape index (κ3) is 6.46. The van der Waals surface area contributed by atoms with Gasteiger partial charge in [-0.2, -0.15) is 4.31 Å². The Hall–Kier alpha value is -3.87. The number of rotatable bonds is 8. The van der Waals surface area contributed by atoms with Gasteiger partial charge in [-0.25, -0.2) is 19.2 Å². The number of carboxylic acid groups (broad SMARTS) is 1. The number of aryl methyl sites for hydroxylation is 1. The number of benzene rings is 2. The van der Waals surface area contributed by atoms with Crippen molar-refractivity contribution >= 4 is 27.4 Å². The van der Waals surface area contributed by atoms with Gasteiger partial charge in [0.05, 0.1) is 19.2 Å². The molecule has 1 aliphatic rings. The van der Waals surface area contributed by atoms with E-state index in [1.165, 1.54) is 28.7 Å². The molecule has 0 fully saturated rings. The highest BCUT2D eigenvalue weighted by molar-refractivity contribution is 7.89. The van der Waals surface area contributed by atoms with E-state index in [0.29, 0.717) is 28.3 Å². The Morgan fingerprint density at radius 1 is 1.23 bits per heavy atom. The summed E-state index contributed by atoms with van der Waals surface area (Å²) in [6.07, 6.45) is 1.28. The van der Waals surface area contributed by atoms with Crippen LogP contribution in [0.5, 0.6) is 11.6 Å². The van der Waals surface area contributed by atoms with Gasteiger partial charge in [-0.1, -0.05) is 32.0 Å². The molecule has 0 radical (unpaired) electrons. The molecule has 3 aromatic rings. The van der Waals surface area contributed by atoms with Crippen LogP contribution in [0.1, 0.15) is 48.4 Å². The molecule has 0 saturated heterocycles. The number of nitrogens with two attached hydrogens (primary N) is 2. The minimum atomic E-state index is -3.86. The monoisotopic (exact) mass is 571 g/mol. The number of sulfonamides is 1. The van der Waals surface area contributed by atoms with E-state index in [1.54, 1.807) is 25.2 Å². The number of aliphatic carboxylic acids is 1. The summed E-state index contributed by atoms with van der Waals surface area (Å²) in [5.74, 6) is 4.84. The molecule has 12 heteroatoms. The second kappa shape index (κ2) is 13.0. The number of fused-ring (bicyclic) bond motifs is 1. The molecule has 0 aliphatic carbocycles. The zero-order valence-corrected chi connectivity index (χ0v) is 24.2. The maximum atomic E-state index is 13.4. The van der Waals surface area contributed by atoms with E-state index >= 15 is 0 Å². The molecule has 40 heavy (non-hydrogen) atoms. The Morgan fingerprint density at radius 3 is 2.60 bits per heavy atom. The summed E-state index contributed by atoms with van der Waals surface area (Å²) in [6, 6.07) is 12.0. The van der Waals surface area contributed by atoms with Crippen molar-refractivity contribution in [2.24, 2.45) is 5.84 Å². The number of carbonyl (C=O) groups is 1. The zero-order chi connectivity index (χ0) is 29.6. The Balaban J connectivity index is 0.00000216. The molecule has 1 aliphatic heterocycles. The molecule has 0 spiro atoms. The topological polar surface area (TPSA) is 161 Å². The van der Waals surface area contributed by atoms with Gasteiger partial charge in [0, 0.05) is 32.3 Å². The van der Waals surface area contributed by atoms with Crippen LogP contribution in [0.2, 0.25) is 0 Å². The summed E-state index contributed by atoms with van der Waals surface area (Å²) >= 11 is 0. The maximum absolute atomic E-state index is 13.4. The van der Waals surface area contributed by atoms with Gasteiger partial charge in [-0.3, -0.25) is 4.79 Å². The smallest absolute Gasteiger partial charge is 0.304 e. The van der Waals surface area contributed by atoms with Crippen LogP contribution in [0.25, 0.3) is 0 Å². The Kier molecular flexibility index (Phi) is 9.96. The van der Waals surface area contributed by atoms with Crippen LogP contribution >= 0.6 is 0 Å². The van der Waals surface area contributed by atoms with Crippen LogP contribution in [-0.2, 0) is 21.4 Å². The molecule has 1 unspecified atom stereocenters. The molecule has 1 aromatic heterocycles. The Bertz CT molecular complexity index is 1460. The van der Waals surface area contributed by atoms with E-state index < -0.39 is 21.9 Å². The molecule has 4 rings (SSSR count). The number of pyridine rings is 1. The van der Waals surface area contributed by atoms with E-state index in [4.69, 9.17) is 21.1 Å². The second-order valence-corrected chi connectivity index (χ2v) is 11.0. The van der Waals surface area contributed by atoms with Gasteiger partial charge >= 0.3 is 5.97 Å². The van der Waals surface area contributed by atoms with E-state index in [2.05, 4.69) is 4.98 Å². The number of nitrogens with zero attached hydrogens (tertiary/aromatic N) is 3. The molecule has 11 nitrogen and oxygen atoms in total. The highest BCUT2D eigenvalue weighted by Crippen LogP contribution is 2.39. The average molecular weight is 572 g/mol. The molecular formula is C28H37N5O6S. The first-order valence-electron chi connectivity index (χ1n) is 12.9. The molecular weight excluding hydrogens is 534 g/mol. The zero-order valence-electron chi connectivity index (χ0n) is 23.4. The fraction of sp³-hybridized carbons (Fsp3) is 0.357. The number of ether oxygens (including phenoxy) is 2. The van der Waals surface area contributed by atoms with Crippen LogP contribution in [0.15, 0.2) is 53.6 Å². The van der Waals surface area contributed by atoms with Crippen molar-refractivity contribution in [1.29, 1.82) is 0 Å². The van der Waals surface area contributed by atoms with Gasteiger partial charge in [-0.15, -0.1) is 0 Å². The van der Waals surface area contributed by atoms with Gasteiger partial charge < -0.3 is 25.3 Å². The van der Waals surface area contributed by atoms with E-state index in [-0.39, 0.29) is 36.9 Å². The van der Waals surface area contributed by atoms with Crippen molar-refractivity contribution in [2.45, 2.75) is 44.6 Å². The number of hydrogen-bond acceptors (Lipinski definition) is 9. The highest BCUT2D eigenvalue weighted by atomic mass is 32.2. The first kappa shape index (κ1) is 30.7. The van der Waals surface area contributed by atoms with Crippen LogP contribution in [0, 0.1) is 6.92 Å². The van der Waals surface area contributed by atoms with Gasteiger partial charge in [0.15, 0.2) is 0 Å². The number of anilines is 2. The predicted octanol–water partition coefficient (Wildman–Crippen LogP) is 3.51. The number of hydrogen-bond donors (Lipinski definition) is 3. The van der Waals surface area contributed by atoms with Crippen molar-refractivity contribution in [3.05, 3.63) is 70.9 Å². The first-order chi connectivity index (χ1) is 19.0. The van der Waals surface area contributed by atoms with Crippen LogP contribution in [0.4, 0.5) is 11.4 Å². The quantitative estimate of drug-likeness (QED) is 0.207. The summed E-state index contributed by atoms with van der Waals surface area (Å²) in [6.45, 7) is 6.27. The lowest BCUT2D eigenvalue weighted by Gasteiger charge is -2.24. The molecule has 216 valence electrons. The molecule has 0 saturated carbocycles. The van der Waals surface area contributed by atoms with Crippen molar-refractivity contribution in [3.8, 4) is 11.6 Å². The van der Waals surface area contributed by atoms with Gasteiger partial charge in [0.25, 0.3) is 0 Å².